The number of carbonyl (C=O) groups excluding carboxylic acids is 1. The van der Waals surface area contributed by atoms with E-state index in [1.54, 1.807) is 6.20 Å². The Kier molecular flexibility index (Phi) is 9.20. The van der Waals surface area contributed by atoms with Crippen LogP contribution >= 0.6 is 0 Å². The summed E-state index contributed by atoms with van der Waals surface area (Å²) in [6, 6.07) is 18.7. The number of nitrogens with one attached hydrogen (secondary N) is 2. The number of hydrogen-bond donors (Lipinski definition) is 3. The molecule has 0 aliphatic heterocycles. The number of ether oxygens (including phenoxy) is 1. The molecule has 3 aromatic rings. The van der Waals surface area contributed by atoms with Crippen molar-refractivity contribution in [3.63, 3.8) is 0 Å². The smallest absolute Gasteiger partial charge is 0.207 e. The van der Waals surface area contributed by atoms with E-state index in [1.165, 1.54) is 6.20 Å². The largest absolute Gasteiger partial charge is 0.457 e. The van der Waals surface area contributed by atoms with Gasteiger partial charge in [-0.3, -0.25) is 9.78 Å². The van der Waals surface area contributed by atoms with Crippen LogP contribution in [0.5, 0.6) is 11.5 Å². The van der Waals surface area contributed by atoms with Crippen molar-refractivity contribution in [1.82, 2.24) is 10.3 Å². The Hall–Kier alpha value is -4.15. The minimum Gasteiger partial charge on any atom is -0.457 e. The van der Waals surface area contributed by atoms with Gasteiger partial charge in [-0.05, 0) is 49.1 Å². The van der Waals surface area contributed by atoms with Gasteiger partial charge in [-0.15, -0.1) is 6.58 Å². The summed E-state index contributed by atoms with van der Waals surface area (Å²) >= 11 is 0. The lowest BCUT2D eigenvalue weighted by atomic mass is 9.97. The van der Waals surface area contributed by atoms with Gasteiger partial charge in [-0.2, -0.15) is 5.26 Å². The van der Waals surface area contributed by atoms with Gasteiger partial charge in [0.25, 0.3) is 0 Å². The molecule has 2 aromatic carbocycles. The fourth-order valence-electron chi connectivity index (χ4n) is 3.63. The van der Waals surface area contributed by atoms with E-state index in [9.17, 15) is 10.1 Å². The van der Waals surface area contributed by atoms with Crippen LogP contribution in [0.1, 0.15) is 42.0 Å². The molecule has 7 nitrogen and oxygen atoms in total. The molecule has 0 bridgehead atoms. The Labute approximate surface area is 200 Å². The van der Waals surface area contributed by atoms with Crippen molar-refractivity contribution in [3.05, 3.63) is 96.3 Å². The quantitative estimate of drug-likeness (QED) is 0.196. The summed E-state index contributed by atoms with van der Waals surface area (Å²) in [6.07, 6.45) is 8.29. The number of nitrogens with two attached hydrogens (primary N) is 1. The van der Waals surface area contributed by atoms with E-state index in [4.69, 9.17) is 10.5 Å². The van der Waals surface area contributed by atoms with Gasteiger partial charge in [0, 0.05) is 30.5 Å². The third-order valence-electron chi connectivity index (χ3n) is 5.41. The molecule has 1 heterocycles. The van der Waals surface area contributed by atoms with Crippen molar-refractivity contribution in [3.8, 4) is 17.6 Å². The molecular formula is C27H29N5O2. The first kappa shape index (κ1) is 24.5. The number of nitrogens with zero attached hydrogens (tertiary/aromatic N) is 2. The van der Waals surface area contributed by atoms with Crippen molar-refractivity contribution < 1.29 is 9.53 Å². The summed E-state index contributed by atoms with van der Waals surface area (Å²) in [5.74, 6) is 1.45. The molecule has 0 saturated carbocycles. The molecule has 0 fully saturated rings. The highest BCUT2D eigenvalue weighted by Crippen LogP contribution is 2.31. The molecule has 0 aliphatic carbocycles. The van der Waals surface area contributed by atoms with Crippen LogP contribution in [0.15, 0.2) is 79.6 Å². The van der Waals surface area contributed by atoms with Crippen LogP contribution in [0.4, 0.5) is 5.69 Å². The molecule has 3 rings (SSSR count). The molecule has 2 unspecified atom stereocenters. The van der Waals surface area contributed by atoms with Gasteiger partial charge >= 0.3 is 0 Å². The second-order valence-electron chi connectivity index (χ2n) is 7.81. The topological polar surface area (TPSA) is 113 Å². The van der Waals surface area contributed by atoms with Gasteiger partial charge in [0.15, 0.2) is 0 Å². The SMILES string of the molecule is C=CCCCC(CNC=O)Nc1c(C#N)cncc1C(N)c1ccc(Oc2ccccc2)cc1. The van der Waals surface area contributed by atoms with Crippen LogP contribution in [0.2, 0.25) is 0 Å². The van der Waals surface area contributed by atoms with E-state index in [0.717, 1.165) is 30.6 Å². The number of hydrogen-bond acceptors (Lipinski definition) is 6. The molecule has 34 heavy (non-hydrogen) atoms. The summed E-state index contributed by atoms with van der Waals surface area (Å²) in [5, 5.41) is 15.9. The highest BCUT2D eigenvalue weighted by Gasteiger charge is 2.20. The zero-order valence-electron chi connectivity index (χ0n) is 19.0. The summed E-state index contributed by atoms with van der Waals surface area (Å²) < 4.78 is 5.86. The standard InChI is InChI=1S/C27H29N5O2/c1-2-3-5-8-22(17-31-19-33)32-27-21(15-28)16-30-18-25(27)26(29)20-11-13-24(14-12-20)34-23-9-6-4-7-10-23/h2,4,6-7,9-14,16,18-19,22,26H,1,3,5,8,17,29H2,(H,30,32)(H,31,33). The average Bonchev–Trinajstić information content (AvgIpc) is 2.88. The third kappa shape index (κ3) is 6.67. The molecule has 0 radical (unpaired) electrons. The van der Waals surface area contributed by atoms with Crippen molar-refractivity contribution >= 4 is 12.1 Å². The maximum atomic E-state index is 10.9. The molecular weight excluding hydrogens is 426 g/mol. The predicted octanol–water partition coefficient (Wildman–Crippen LogP) is 4.68. The van der Waals surface area contributed by atoms with E-state index in [1.807, 2.05) is 60.7 Å². The van der Waals surface area contributed by atoms with Crippen LogP contribution in [0, 0.1) is 11.3 Å². The number of anilines is 1. The van der Waals surface area contributed by atoms with Gasteiger partial charge in [0.1, 0.15) is 17.6 Å². The summed E-state index contributed by atoms with van der Waals surface area (Å²) in [4.78, 5) is 15.1. The monoisotopic (exact) mass is 455 g/mol. The van der Waals surface area contributed by atoms with Crippen LogP contribution in [-0.4, -0.2) is 24.0 Å². The highest BCUT2D eigenvalue weighted by atomic mass is 16.5. The number of aromatic nitrogens is 1. The van der Waals surface area contributed by atoms with Crippen LogP contribution in [-0.2, 0) is 4.79 Å². The minimum absolute atomic E-state index is 0.0766. The summed E-state index contributed by atoms with van der Waals surface area (Å²) in [5.41, 5.74) is 9.22. The first-order chi connectivity index (χ1) is 16.7. The van der Waals surface area contributed by atoms with Crippen molar-refractivity contribution in [2.75, 3.05) is 11.9 Å². The van der Waals surface area contributed by atoms with Crippen molar-refractivity contribution in [2.24, 2.45) is 5.73 Å². The average molecular weight is 456 g/mol. The number of amides is 1. The second kappa shape index (κ2) is 12.8. The third-order valence-corrected chi connectivity index (χ3v) is 5.41. The maximum Gasteiger partial charge on any atom is 0.207 e. The second-order valence-corrected chi connectivity index (χ2v) is 7.81. The number of benzene rings is 2. The fourth-order valence-corrected chi connectivity index (χ4v) is 3.63. The zero-order valence-corrected chi connectivity index (χ0v) is 19.0. The first-order valence-electron chi connectivity index (χ1n) is 11.2. The lowest BCUT2D eigenvalue weighted by Crippen LogP contribution is -2.33. The first-order valence-corrected chi connectivity index (χ1v) is 11.2. The number of allylic oxidation sites excluding steroid dienone is 1. The van der Waals surface area contributed by atoms with Gasteiger partial charge in [0.05, 0.1) is 17.3 Å². The molecule has 1 aromatic heterocycles. The summed E-state index contributed by atoms with van der Waals surface area (Å²) in [7, 11) is 0. The molecule has 0 saturated heterocycles. The lowest BCUT2D eigenvalue weighted by Gasteiger charge is -2.24. The Bertz CT molecular complexity index is 1110. The zero-order chi connectivity index (χ0) is 24.2. The van der Waals surface area contributed by atoms with Gasteiger partial charge in [0.2, 0.25) is 6.41 Å². The Morgan fingerprint density at radius 1 is 1.12 bits per heavy atom. The Balaban J connectivity index is 1.83. The number of para-hydroxylation sites is 1. The minimum atomic E-state index is -0.512. The van der Waals surface area contributed by atoms with Gasteiger partial charge in [-0.1, -0.05) is 36.4 Å². The Morgan fingerprint density at radius 2 is 1.85 bits per heavy atom. The van der Waals surface area contributed by atoms with Gasteiger partial charge < -0.3 is 21.1 Å². The molecule has 174 valence electrons. The van der Waals surface area contributed by atoms with Crippen LogP contribution in [0.3, 0.4) is 0 Å². The molecule has 4 N–H and O–H groups in total. The molecule has 7 heteroatoms. The molecule has 1 amide bonds. The molecule has 2 atom stereocenters. The van der Waals surface area contributed by atoms with E-state index in [0.29, 0.717) is 35.5 Å². The predicted molar refractivity (Wildman–Crippen MR) is 133 cm³/mol. The fraction of sp³-hybridized carbons (Fsp3) is 0.222. The van der Waals surface area contributed by atoms with E-state index >= 15 is 0 Å². The summed E-state index contributed by atoms with van der Waals surface area (Å²) in [6.45, 7) is 4.19. The van der Waals surface area contributed by atoms with Crippen LogP contribution in [0.25, 0.3) is 0 Å². The molecule has 0 spiro atoms. The number of carbonyl (C=O) groups is 1. The van der Waals surface area contributed by atoms with Crippen LogP contribution < -0.4 is 21.1 Å². The van der Waals surface area contributed by atoms with Crippen molar-refractivity contribution in [2.45, 2.75) is 31.3 Å². The van der Waals surface area contributed by atoms with E-state index < -0.39 is 6.04 Å². The number of nitriles is 1. The number of rotatable bonds is 13. The Morgan fingerprint density at radius 3 is 2.53 bits per heavy atom. The maximum absolute atomic E-state index is 10.9. The number of unbranched alkanes of at least 4 members (excludes halogenated alkanes) is 1. The highest BCUT2D eigenvalue weighted by molar-refractivity contribution is 5.64. The molecule has 0 aliphatic rings. The van der Waals surface area contributed by atoms with Crippen molar-refractivity contribution in [1.29, 1.82) is 5.26 Å². The normalized spacial score (nSPS) is 12.1. The number of pyridine rings is 1. The van der Waals surface area contributed by atoms with Gasteiger partial charge in [-0.25, -0.2) is 0 Å². The van der Waals surface area contributed by atoms with E-state index in [-0.39, 0.29) is 6.04 Å². The lowest BCUT2D eigenvalue weighted by molar-refractivity contribution is -0.109. The van der Waals surface area contributed by atoms with E-state index in [2.05, 4.69) is 28.3 Å².